The zero-order valence-corrected chi connectivity index (χ0v) is 18.9. The van der Waals surface area contributed by atoms with E-state index < -0.39 is 10.0 Å². The Bertz CT molecular complexity index is 1110. The molecule has 1 atom stereocenters. The molecule has 5 nitrogen and oxygen atoms in total. The van der Waals surface area contributed by atoms with Gasteiger partial charge < -0.3 is 5.32 Å². The van der Waals surface area contributed by atoms with Crippen LogP contribution in [0.3, 0.4) is 0 Å². The van der Waals surface area contributed by atoms with E-state index in [1.165, 1.54) is 16.4 Å². The number of benzene rings is 3. The first-order chi connectivity index (χ1) is 14.8. The molecule has 0 fully saturated rings. The summed E-state index contributed by atoms with van der Waals surface area (Å²) in [6, 6.07) is 23.1. The first-order valence-electron chi connectivity index (χ1n) is 10.3. The number of rotatable bonds is 8. The van der Waals surface area contributed by atoms with Gasteiger partial charge in [-0.1, -0.05) is 72.6 Å². The monoisotopic (exact) mass is 436 g/mol. The molecule has 0 aliphatic carbocycles. The van der Waals surface area contributed by atoms with Crippen molar-refractivity contribution < 1.29 is 13.2 Å². The molecule has 3 aromatic rings. The van der Waals surface area contributed by atoms with E-state index in [1.807, 2.05) is 57.2 Å². The van der Waals surface area contributed by atoms with E-state index in [9.17, 15) is 13.2 Å². The van der Waals surface area contributed by atoms with Crippen LogP contribution in [0.2, 0.25) is 0 Å². The molecule has 0 aromatic heterocycles. The molecule has 0 aliphatic heterocycles. The summed E-state index contributed by atoms with van der Waals surface area (Å²) in [6.45, 7) is 5.63. The van der Waals surface area contributed by atoms with Gasteiger partial charge >= 0.3 is 0 Å². The summed E-state index contributed by atoms with van der Waals surface area (Å²) in [5.41, 5.74) is 3.60. The largest absolute Gasteiger partial charge is 0.348 e. The smallest absolute Gasteiger partial charge is 0.264 e. The minimum absolute atomic E-state index is 0.147. The molecule has 0 spiro atoms. The summed E-state index contributed by atoms with van der Waals surface area (Å²) in [7, 11) is -3.90. The van der Waals surface area contributed by atoms with E-state index >= 15 is 0 Å². The van der Waals surface area contributed by atoms with Gasteiger partial charge in [0.2, 0.25) is 5.91 Å². The quantitative estimate of drug-likeness (QED) is 0.553. The molecule has 31 heavy (non-hydrogen) atoms. The van der Waals surface area contributed by atoms with Crippen molar-refractivity contribution in [2.24, 2.45) is 0 Å². The second-order valence-electron chi connectivity index (χ2n) is 7.60. The first-order valence-corrected chi connectivity index (χ1v) is 11.8. The molecular formula is C25H28N2O3S. The van der Waals surface area contributed by atoms with Crippen molar-refractivity contribution in [2.75, 3.05) is 10.8 Å². The van der Waals surface area contributed by atoms with Crippen molar-refractivity contribution in [1.82, 2.24) is 5.32 Å². The molecule has 0 radical (unpaired) electrons. The predicted octanol–water partition coefficient (Wildman–Crippen LogP) is 4.77. The van der Waals surface area contributed by atoms with Crippen LogP contribution < -0.4 is 9.62 Å². The summed E-state index contributed by atoms with van der Waals surface area (Å²) in [6.07, 6.45) is 0.699. The average molecular weight is 437 g/mol. The van der Waals surface area contributed by atoms with Gasteiger partial charge in [0.15, 0.2) is 0 Å². The molecule has 6 heteroatoms. The minimum atomic E-state index is -3.90. The Morgan fingerprint density at radius 2 is 1.42 bits per heavy atom. The molecule has 0 aliphatic rings. The van der Waals surface area contributed by atoms with Crippen molar-refractivity contribution in [3.05, 3.63) is 95.6 Å². The number of carbonyl (C=O) groups is 1. The van der Waals surface area contributed by atoms with Crippen LogP contribution in [0, 0.1) is 13.8 Å². The molecule has 3 rings (SSSR count). The van der Waals surface area contributed by atoms with Crippen LogP contribution in [0.5, 0.6) is 0 Å². The lowest BCUT2D eigenvalue weighted by Crippen LogP contribution is -2.42. The highest BCUT2D eigenvalue weighted by atomic mass is 32.2. The van der Waals surface area contributed by atoms with Gasteiger partial charge in [-0.2, -0.15) is 0 Å². The molecule has 0 bridgehead atoms. The fourth-order valence-corrected chi connectivity index (χ4v) is 4.78. The number of sulfonamides is 1. The highest BCUT2D eigenvalue weighted by molar-refractivity contribution is 7.92. The number of aryl methyl sites for hydroxylation is 2. The fraction of sp³-hybridized carbons (Fsp3) is 0.240. The van der Waals surface area contributed by atoms with Crippen molar-refractivity contribution >= 4 is 21.6 Å². The number of hydrogen-bond acceptors (Lipinski definition) is 3. The lowest BCUT2D eigenvalue weighted by Gasteiger charge is -2.26. The first kappa shape index (κ1) is 22.6. The molecule has 1 amide bonds. The number of nitrogens with one attached hydrogen (secondary N) is 1. The van der Waals surface area contributed by atoms with Crippen molar-refractivity contribution in [3.63, 3.8) is 0 Å². The SMILES string of the molecule is CCC(NC(=O)CN(c1ccc(C)cc1)S(=O)(=O)c1ccccc1)c1ccc(C)cc1. The van der Waals surface area contributed by atoms with Gasteiger partial charge in [0.25, 0.3) is 10.0 Å². The average Bonchev–Trinajstić information content (AvgIpc) is 2.78. The second-order valence-corrected chi connectivity index (χ2v) is 9.46. The highest BCUT2D eigenvalue weighted by Crippen LogP contribution is 2.24. The predicted molar refractivity (Wildman–Crippen MR) is 125 cm³/mol. The number of amides is 1. The van der Waals surface area contributed by atoms with E-state index in [2.05, 4.69) is 5.32 Å². The Morgan fingerprint density at radius 1 is 0.871 bits per heavy atom. The van der Waals surface area contributed by atoms with Gasteiger partial charge in [-0.05, 0) is 50.1 Å². The Kier molecular flexibility index (Phi) is 7.13. The molecule has 0 saturated heterocycles. The Hall–Kier alpha value is -3.12. The Labute approximate surface area is 184 Å². The van der Waals surface area contributed by atoms with Gasteiger partial charge in [0.1, 0.15) is 6.54 Å². The lowest BCUT2D eigenvalue weighted by atomic mass is 10.0. The zero-order chi connectivity index (χ0) is 22.4. The number of hydrogen-bond donors (Lipinski definition) is 1. The standard InChI is InChI=1S/C25H28N2O3S/c1-4-24(21-14-10-19(2)11-15-21)26-25(28)18-27(22-16-12-20(3)13-17-22)31(29,30)23-8-6-5-7-9-23/h5-17,24H,4,18H2,1-3H3,(H,26,28). The minimum Gasteiger partial charge on any atom is -0.348 e. The number of nitrogens with zero attached hydrogens (tertiary/aromatic N) is 1. The number of anilines is 1. The fourth-order valence-electron chi connectivity index (χ4n) is 3.34. The van der Waals surface area contributed by atoms with E-state index in [-0.39, 0.29) is 23.4 Å². The number of carbonyl (C=O) groups excluding carboxylic acids is 1. The van der Waals surface area contributed by atoms with Crippen LogP contribution in [0.4, 0.5) is 5.69 Å². The summed E-state index contributed by atoms with van der Waals surface area (Å²) >= 11 is 0. The van der Waals surface area contributed by atoms with Crippen molar-refractivity contribution in [2.45, 2.75) is 38.1 Å². The van der Waals surface area contributed by atoms with Gasteiger partial charge in [-0.15, -0.1) is 0 Å². The van der Waals surface area contributed by atoms with E-state index in [0.29, 0.717) is 12.1 Å². The molecule has 0 saturated carbocycles. The third-order valence-electron chi connectivity index (χ3n) is 5.16. The van der Waals surface area contributed by atoms with Gasteiger partial charge in [-0.3, -0.25) is 9.10 Å². The van der Waals surface area contributed by atoms with E-state index in [1.54, 1.807) is 30.3 Å². The maximum atomic E-state index is 13.4. The molecule has 0 heterocycles. The van der Waals surface area contributed by atoms with E-state index in [4.69, 9.17) is 0 Å². The molecule has 1 N–H and O–H groups in total. The topological polar surface area (TPSA) is 66.5 Å². The van der Waals surface area contributed by atoms with Crippen LogP contribution in [-0.4, -0.2) is 20.9 Å². The Morgan fingerprint density at radius 3 is 1.97 bits per heavy atom. The second kappa shape index (κ2) is 9.79. The molecule has 3 aromatic carbocycles. The third-order valence-corrected chi connectivity index (χ3v) is 6.95. The van der Waals surface area contributed by atoms with E-state index in [0.717, 1.165) is 16.7 Å². The van der Waals surface area contributed by atoms with Gasteiger partial charge in [-0.25, -0.2) is 8.42 Å². The maximum absolute atomic E-state index is 13.4. The molecule has 162 valence electrons. The summed E-state index contributed by atoms with van der Waals surface area (Å²) in [5, 5.41) is 2.99. The van der Waals surface area contributed by atoms with Gasteiger partial charge in [0, 0.05) is 0 Å². The van der Waals surface area contributed by atoms with Crippen molar-refractivity contribution in [1.29, 1.82) is 0 Å². The van der Waals surface area contributed by atoms with Crippen LogP contribution in [0.25, 0.3) is 0 Å². The zero-order valence-electron chi connectivity index (χ0n) is 18.1. The highest BCUT2D eigenvalue weighted by Gasteiger charge is 2.27. The van der Waals surface area contributed by atoms with Crippen LogP contribution >= 0.6 is 0 Å². The van der Waals surface area contributed by atoms with Crippen LogP contribution in [-0.2, 0) is 14.8 Å². The van der Waals surface area contributed by atoms with Gasteiger partial charge in [0.05, 0.1) is 16.6 Å². The summed E-state index contributed by atoms with van der Waals surface area (Å²) < 4.78 is 27.9. The lowest BCUT2D eigenvalue weighted by molar-refractivity contribution is -0.120. The molecule has 1 unspecified atom stereocenters. The van der Waals surface area contributed by atoms with Crippen molar-refractivity contribution in [3.8, 4) is 0 Å². The van der Waals surface area contributed by atoms with Crippen LogP contribution in [0.1, 0.15) is 36.1 Å². The normalized spacial score (nSPS) is 12.2. The maximum Gasteiger partial charge on any atom is 0.264 e. The Balaban J connectivity index is 1.88. The summed E-state index contributed by atoms with van der Waals surface area (Å²) in [4.78, 5) is 13.1. The summed E-state index contributed by atoms with van der Waals surface area (Å²) in [5.74, 6) is -0.354. The van der Waals surface area contributed by atoms with Crippen LogP contribution in [0.15, 0.2) is 83.8 Å². The third kappa shape index (κ3) is 5.52. The molecular weight excluding hydrogens is 408 g/mol.